The van der Waals surface area contributed by atoms with Crippen LogP contribution in [0.3, 0.4) is 0 Å². The highest BCUT2D eigenvalue weighted by Crippen LogP contribution is 2.35. The third-order valence-electron chi connectivity index (χ3n) is 3.88. The molecular formula is C18H12BClS. The van der Waals surface area contributed by atoms with Gasteiger partial charge in [-0.15, -0.1) is 11.3 Å². The first-order valence-electron chi connectivity index (χ1n) is 6.90. The Labute approximate surface area is 133 Å². The molecule has 0 bridgehead atoms. The first-order valence-corrected chi connectivity index (χ1v) is 8.10. The molecule has 0 atom stereocenters. The maximum atomic E-state index is 5.97. The van der Waals surface area contributed by atoms with Gasteiger partial charge < -0.3 is 0 Å². The molecule has 4 aromatic rings. The molecule has 0 aliphatic carbocycles. The van der Waals surface area contributed by atoms with E-state index in [1.54, 1.807) is 0 Å². The van der Waals surface area contributed by atoms with Gasteiger partial charge in [-0.25, -0.2) is 0 Å². The minimum absolute atomic E-state index is 0.775. The van der Waals surface area contributed by atoms with Crippen molar-refractivity contribution >= 4 is 56.4 Å². The van der Waals surface area contributed by atoms with Gasteiger partial charge in [0.05, 0.1) is 0 Å². The van der Waals surface area contributed by atoms with E-state index in [0.717, 1.165) is 5.02 Å². The van der Waals surface area contributed by atoms with Gasteiger partial charge in [0.15, 0.2) is 0 Å². The number of fused-ring (bicyclic) bond motifs is 3. The molecule has 3 heteroatoms. The Bertz CT molecular complexity index is 954. The predicted molar refractivity (Wildman–Crippen MR) is 98.0 cm³/mol. The molecule has 0 amide bonds. The van der Waals surface area contributed by atoms with Crippen molar-refractivity contribution in [3.8, 4) is 11.1 Å². The number of hydrogen-bond donors (Lipinski definition) is 0. The summed E-state index contributed by atoms with van der Waals surface area (Å²) in [5, 5.41) is 3.52. The van der Waals surface area contributed by atoms with Crippen molar-refractivity contribution < 1.29 is 0 Å². The number of benzene rings is 3. The second kappa shape index (κ2) is 4.90. The van der Waals surface area contributed by atoms with E-state index in [0.29, 0.717) is 0 Å². The fourth-order valence-electron chi connectivity index (χ4n) is 2.82. The molecular weight excluding hydrogens is 295 g/mol. The topological polar surface area (TPSA) is 0 Å². The third kappa shape index (κ3) is 2.15. The lowest BCUT2D eigenvalue weighted by molar-refractivity contribution is 1.66. The summed E-state index contributed by atoms with van der Waals surface area (Å²) in [6.07, 6.45) is 0. The molecule has 1 heterocycles. The number of hydrogen-bond acceptors (Lipinski definition) is 1. The molecule has 0 spiro atoms. The molecule has 100 valence electrons. The van der Waals surface area contributed by atoms with E-state index in [1.165, 1.54) is 36.8 Å². The lowest BCUT2D eigenvalue weighted by Crippen LogP contribution is -2.00. The Kier molecular flexibility index (Phi) is 3.02. The summed E-state index contributed by atoms with van der Waals surface area (Å²) < 4.78 is 2.70. The summed E-state index contributed by atoms with van der Waals surface area (Å²) in [6.45, 7) is 0. The highest BCUT2D eigenvalue weighted by atomic mass is 35.5. The van der Waals surface area contributed by atoms with Crippen molar-refractivity contribution in [2.75, 3.05) is 0 Å². The van der Waals surface area contributed by atoms with Crippen LogP contribution >= 0.6 is 22.9 Å². The van der Waals surface area contributed by atoms with Crippen LogP contribution in [0.25, 0.3) is 31.3 Å². The van der Waals surface area contributed by atoms with Gasteiger partial charge in [-0.1, -0.05) is 53.5 Å². The van der Waals surface area contributed by atoms with E-state index in [4.69, 9.17) is 11.6 Å². The minimum atomic E-state index is 0.775. The highest BCUT2D eigenvalue weighted by molar-refractivity contribution is 7.26. The van der Waals surface area contributed by atoms with E-state index < -0.39 is 0 Å². The van der Waals surface area contributed by atoms with Crippen LogP contribution < -0.4 is 5.46 Å². The van der Waals surface area contributed by atoms with Gasteiger partial charge in [-0.2, -0.15) is 0 Å². The lowest BCUT2D eigenvalue weighted by Gasteiger charge is -2.02. The fourth-order valence-corrected chi connectivity index (χ4v) is 4.17. The monoisotopic (exact) mass is 306 g/mol. The van der Waals surface area contributed by atoms with E-state index >= 15 is 0 Å². The molecule has 0 aliphatic rings. The quantitative estimate of drug-likeness (QED) is 0.450. The number of halogens is 1. The first-order chi connectivity index (χ1) is 10.2. The van der Waals surface area contributed by atoms with Crippen LogP contribution in [-0.4, -0.2) is 7.85 Å². The predicted octanol–water partition coefficient (Wildman–Crippen LogP) is 4.63. The second-order valence-corrected chi connectivity index (χ2v) is 6.79. The van der Waals surface area contributed by atoms with Gasteiger partial charge in [0, 0.05) is 14.4 Å². The maximum absolute atomic E-state index is 5.97. The van der Waals surface area contributed by atoms with Crippen molar-refractivity contribution in [1.29, 1.82) is 0 Å². The summed E-state index contributed by atoms with van der Waals surface area (Å²) in [4.78, 5) is 0. The Hall–Kier alpha value is -1.77. The standard InChI is InChI=1S/C18H12BClS/c19-15-2-1-3-16-18(15)14-9-6-12(10-17(14)21-16)11-4-7-13(20)8-5-11/h1-10H,19H2. The van der Waals surface area contributed by atoms with Gasteiger partial charge >= 0.3 is 0 Å². The molecule has 0 nitrogen and oxygen atoms in total. The molecule has 0 saturated carbocycles. The van der Waals surface area contributed by atoms with Crippen LogP contribution in [0.4, 0.5) is 0 Å². The summed E-state index contributed by atoms with van der Waals surface area (Å²) in [7, 11) is 2.18. The van der Waals surface area contributed by atoms with Crippen LogP contribution in [0.1, 0.15) is 0 Å². The molecule has 4 rings (SSSR count). The molecule has 0 N–H and O–H groups in total. The molecule has 0 fully saturated rings. The summed E-state index contributed by atoms with van der Waals surface area (Å²) in [5.41, 5.74) is 3.79. The zero-order valence-corrected chi connectivity index (χ0v) is 13.1. The minimum Gasteiger partial charge on any atom is -0.135 e. The summed E-state index contributed by atoms with van der Waals surface area (Å²) in [5.74, 6) is 0. The van der Waals surface area contributed by atoms with Crippen molar-refractivity contribution in [3.63, 3.8) is 0 Å². The van der Waals surface area contributed by atoms with Gasteiger partial charge in [0.25, 0.3) is 0 Å². The molecule has 0 radical (unpaired) electrons. The molecule has 0 aliphatic heterocycles. The van der Waals surface area contributed by atoms with Crippen LogP contribution in [-0.2, 0) is 0 Å². The zero-order valence-electron chi connectivity index (χ0n) is 11.6. The van der Waals surface area contributed by atoms with E-state index in [1.807, 2.05) is 23.5 Å². The van der Waals surface area contributed by atoms with Crippen LogP contribution in [0, 0.1) is 0 Å². The van der Waals surface area contributed by atoms with E-state index in [-0.39, 0.29) is 0 Å². The third-order valence-corrected chi connectivity index (χ3v) is 5.25. The van der Waals surface area contributed by atoms with Gasteiger partial charge in [0.2, 0.25) is 0 Å². The fraction of sp³-hybridized carbons (Fsp3) is 0. The normalized spacial score (nSPS) is 11.3. The maximum Gasteiger partial charge on any atom is 0.140 e. The van der Waals surface area contributed by atoms with Crippen LogP contribution in [0.15, 0.2) is 60.7 Å². The van der Waals surface area contributed by atoms with Crippen molar-refractivity contribution in [2.45, 2.75) is 0 Å². The van der Waals surface area contributed by atoms with Gasteiger partial charge in [-0.05, 0) is 46.2 Å². The Morgan fingerprint density at radius 1 is 0.810 bits per heavy atom. The van der Waals surface area contributed by atoms with Gasteiger partial charge in [0.1, 0.15) is 7.85 Å². The van der Waals surface area contributed by atoms with Crippen molar-refractivity contribution in [2.24, 2.45) is 0 Å². The Morgan fingerprint density at radius 2 is 1.57 bits per heavy atom. The van der Waals surface area contributed by atoms with Crippen molar-refractivity contribution in [1.82, 2.24) is 0 Å². The summed E-state index contributed by atoms with van der Waals surface area (Å²) >= 11 is 7.83. The van der Waals surface area contributed by atoms with E-state index in [9.17, 15) is 0 Å². The molecule has 21 heavy (non-hydrogen) atoms. The Morgan fingerprint density at radius 3 is 2.38 bits per heavy atom. The SMILES string of the molecule is Bc1cccc2sc3cc(-c4ccc(Cl)cc4)ccc3c12. The van der Waals surface area contributed by atoms with Crippen LogP contribution in [0.5, 0.6) is 0 Å². The molecule has 0 saturated heterocycles. The molecule has 3 aromatic carbocycles. The largest absolute Gasteiger partial charge is 0.140 e. The average Bonchev–Trinajstić information content (AvgIpc) is 2.86. The number of thiophene rings is 1. The van der Waals surface area contributed by atoms with Crippen LogP contribution in [0.2, 0.25) is 5.02 Å². The van der Waals surface area contributed by atoms with E-state index in [2.05, 4.69) is 56.4 Å². The molecule has 1 aromatic heterocycles. The lowest BCUT2D eigenvalue weighted by atomic mass is 9.91. The average molecular weight is 307 g/mol. The van der Waals surface area contributed by atoms with Crippen molar-refractivity contribution in [3.05, 3.63) is 65.7 Å². The highest BCUT2D eigenvalue weighted by Gasteiger charge is 2.08. The summed E-state index contributed by atoms with van der Waals surface area (Å²) in [6, 6.07) is 21.3. The number of rotatable bonds is 1. The van der Waals surface area contributed by atoms with Gasteiger partial charge in [-0.3, -0.25) is 0 Å². The second-order valence-electron chi connectivity index (χ2n) is 5.27. The molecule has 0 unspecified atom stereocenters. The zero-order chi connectivity index (χ0) is 14.4. The first kappa shape index (κ1) is 12.9. The smallest absolute Gasteiger partial charge is 0.135 e. The Balaban J connectivity index is 1.96.